The van der Waals surface area contributed by atoms with Crippen LogP contribution >= 0.6 is 11.6 Å². The summed E-state index contributed by atoms with van der Waals surface area (Å²) in [5, 5.41) is 4.65. The highest BCUT2D eigenvalue weighted by atomic mass is 35.5. The minimum atomic E-state index is -0.0218. The lowest BCUT2D eigenvalue weighted by Gasteiger charge is -2.06. The number of carbonyl (C=O) groups excluding carboxylic acids is 1. The van der Waals surface area contributed by atoms with Gasteiger partial charge in [-0.15, -0.1) is 0 Å². The molecule has 0 aliphatic rings. The molecule has 4 heteroatoms. The van der Waals surface area contributed by atoms with Gasteiger partial charge in [-0.2, -0.15) is 0 Å². The zero-order valence-corrected chi connectivity index (χ0v) is 13.8. The number of rotatable bonds is 5. The number of amides is 1. The van der Waals surface area contributed by atoms with Gasteiger partial charge in [-0.25, -0.2) is 0 Å². The maximum absolute atomic E-state index is 12.2. The first-order valence-electron chi connectivity index (χ1n) is 7.80. The second-order valence-electron chi connectivity index (χ2n) is 5.49. The number of hydrogen-bond donors (Lipinski definition) is 1. The third-order valence-corrected chi connectivity index (χ3v) is 4.31. The molecule has 1 aromatic heterocycles. The number of fused-ring (bicyclic) bond motifs is 1. The van der Waals surface area contributed by atoms with Crippen molar-refractivity contribution >= 4 is 34.1 Å². The largest absolute Gasteiger partial charge is 0.347 e. The summed E-state index contributed by atoms with van der Waals surface area (Å²) >= 11 is 6.07. The minimum absolute atomic E-state index is 0.0218. The van der Waals surface area contributed by atoms with Crippen molar-refractivity contribution < 1.29 is 4.79 Å². The number of aromatic nitrogens is 1. The van der Waals surface area contributed by atoms with Crippen molar-refractivity contribution in [1.82, 2.24) is 4.57 Å². The van der Waals surface area contributed by atoms with Crippen LogP contribution in [0.2, 0.25) is 5.02 Å². The molecule has 2 aromatic carbocycles. The Morgan fingerprint density at radius 1 is 1.13 bits per heavy atom. The Morgan fingerprint density at radius 2 is 1.87 bits per heavy atom. The van der Waals surface area contributed by atoms with Crippen LogP contribution in [0, 0.1) is 0 Å². The fraction of sp³-hybridized carbons (Fsp3) is 0.211. The number of carbonyl (C=O) groups is 1. The zero-order chi connectivity index (χ0) is 16.2. The highest BCUT2D eigenvalue weighted by molar-refractivity contribution is 6.33. The third kappa shape index (κ3) is 3.40. The average Bonchev–Trinajstić information content (AvgIpc) is 2.93. The van der Waals surface area contributed by atoms with Crippen LogP contribution in [0.5, 0.6) is 0 Å². The summed E-state index contributed by atoms with van der Waals surface area (Å²) < 4.78 is 2.22. The number of halogens is 1. The van der Waals surface area contributed by atoms with E-state index in [4.69, 9.17) is 11.6 Å². The number of nitrogens with one attached hydrogen (secondary N) is 1. The van der Waals surface area contributed by atoms with Gasteiger partial charge in [-0.05, 0) is 37.1 Å². The zero-order valence-electron chi connectivity index (χ0n) is 13.1. The Kier molecular flexibility index (Phi) is 4.68. The Balaban J connectivity index is 1.71. The summed E-state index contributed by atoms with van der Waals surface area (Å²) in [6.45, 7) is 3.05. The molecule has 0 aliphatic heterocycles. The van der Waals surface area contributed by atoms with Crippen molar-refractivity contribution in [3.8, 4) is 0 Å². The average molecular weight is 327 g/mol. The molecule has 0 unspecified atom stereocenters. The monoisotopic (exact) mass is 326 g/mol. The van der Waals surface area contributed by atoms with Gasteiger partial charge in [0.1, 0.15) is 0 Å². The van der Waals surface area contributed by atoms with Crippen molar-refractivity contribution in [1.29, 1.82) is 0 Å². The highest BCUT2D eigenvalue weighted by Crippen LogP contribution is 2.24. The Morgan fingerprint density at radius 3 is 2.65 bits per heavy atom. The summed E-state index contributed by atoms with van der Waals surface area (Å²) in [5.74, 6) is -0.0218. The van der Waals surface area contributed by atoms with E-state index in [1.165, 1.54) is 16.5 Å². The minimum Gasteiger partial charge on any atom is -0.347 e. The maximum atomic E-state index is 12.2. The number of aryl methyl sites for hydroxylation is 2. The van der Waals surface area contributed by atoms with Gasteiger partial charge >= 0.3 is 0 Å². The van der Waals surface area contributed by atoms with E-state index in [1.807, 2.05) is 30.3 Å². The van der Waals surface area contributed by atoms with Gasteiger partial charge in [-0.3, -0.25) is 4.79 Å². The molecule has 0 aliphatic carbocycles. The maximum Gasteiger partial charge on any atom is 0.224 e. The second kappa shape index (κ2) is 6.88. The molecule has 0 saturated carbocycles. The van der Waals surface area contributed by atoms with Gasteiger partial charge in [0.25, 0.3) is 0 Å². The van der Waals surface area contributed by atoms with Gasteiger partial charge in [0.15, 0.2) is 0 Å². The SMILES string of the molecule is CCn1cc(CCC(=O)Nc2ccccc2Cl)c2ccccc21. The molecule has 0 bridgehead atoms. The summed E-state index contributed by atoms with van der Waals surface area (Å²) in [6, 6.07) is 15.6. The number of benzene rings is 2. The van der Waals surface area contributed by atoms with E-state index in [0.29, 0.717) is 23.6 Å². The van der Waals surface area contributed by atoms with Crippen LogP contribution in [0.3, 0.4) is 0 Å². The Labute approximate surface area is 140 Å². The van der Waals surface area contributed by atoms with Gasteiger partial charge in [0, 0.05) is 30.1 Å². The molecule has 0 fully saturated rings. The lowest BCUT2D eigenvalue weighted by molar-refractivity contribution is -0.116. The van der Waals surface area contributed by atoms with E-state index >= 15 is 0 Å². The second-order valence-corrected chi connectivity index (χ2v) is 5.89. The van der Waals surface area contributed by atoms with Crippen LogP contribution < -0.4 is 5.32 Å². The van der Waals surface area contributed by atoms with Gasteiger partial charge in [-0.1, -0.05) is 41.9 Å². The van der Waals surface area contributed by atoms with Crippen molar-refractivity contribution in [2.75, 3.05) is 5.32 Å². The molecule has 0 atom stereocenters. The highest BCUT2D eigenvalue weighted by Gasteiger charge is 2.10. The molecule has 3 aromatic rings. The molecular weight excluding hydrogens is 308 g/mol. The lowest BCUT2D eigenvalue weighted by Crippen LogP contribution is -2.12. The van der Waals surface area contributed by atoms with E-state index in [9.17, 15) is 4.79 Å². The van der Waals surface area contributed by atoms with E-state index in [-0.39, 0.29) is 5.91 Å². The van der Waals surface area contributed by atoms with Crippen LogP contribution in [0.25, 0.3) is 10.9 Å². The number of para-hydroxylation sites is 2. The lowest BCUT2D eigenvalue weighted by atomic mass is 10.1. The van der Waals surface area contributed by atoms with Crippen molar-refractivity contribution in [3.05, 3.63) is 65.3 Å². The van der Waals surface area contributed by atoms with Crippen molar-refractivity contribution in [3.63, 3.8) is 0 Å². The van der Waals surface area contributed by atoms with Crippen LogP contribution in [-0.2, 0) is 17.8 Å². The van der Waals surface area contributed by atoms with Crippen LogP contribution in [0.4, 0.5) is 5.69 Å². The molecule has 0 saturated heterocycles. The van der Waals surface area contributed by atoms with Crippen LogP contribution in [-0.4, -0.2) is 10.5 Å². The molecule has 0 radical (unpaired) electrons. The normalized spacial score (nSPS) is 10.9. The first-order valence-corrected chi connectivity index (χ1v) is 8.18. The molecule has 3 rings (SSSR count). The summed E-state index contributed by atoms with van der Waals surface area (Å²) in [7, 11) is 0. The number of hydrogen-bond acceptors (Lipinski definition) is 1. The molecular formula is C19H19ClN2O. The van der Waals surface area contributed by atoms with Crippen LogP contribution in [0.15, 0.2) is 54.7 Å². The molecule has 1 heterocycles. The van der Waals surface area contributed by atoms with Gasteiger partial charge < -0.3 is 9.88 Å². The number of anilines is 1. The Hall–Kier alpha value is -2.26. The standard InChI is InChI=1S/C19H19ClN2O/c1-2-22-13-14(15-7-3-6-10-18(15)22)11-12-19(23)21-17-9-5-4-8-16(17)20/h3-10,13H,2,11-12H2,1H3,(H,21,23). The smallest absolute Gasteiger partial charge is 0.224 e. The summed E-state index contributed by atoms with van der Waals surface area (Å²) in [6.07, 6.45) is 3.29. The predicted molar refractivity (Wildman–Crippen MR) is 96.0 cm³/mol. The van der Waals surface area contributed by atoms with Crippen LogP contribution in [0.1, 0.15) is 18.9 Å². The molecule has 1 N–H and O–H groups in total. The van der Waals surface area contributed by atoms with Crippen molar-refractivity contribution in [2.45, 2.75) is 26.3 Å². The quantitative estimate of drug-likeness (QED) is 0.712. The fourth-order valence-corrected chi connectivity index (χ4v) is 2.99. The molecule has 118 valence electrons. The third-order valence-electron chi connectivity index (χ3n) is 3.98. The van der Waals surface area contributed by atoms with E-state index < -0.39 is 0 Å². The first-order chi connectivity index (χ1) is 11.2. The predicted octanol–water partition coefficient (Wildman–Crippen LogP) is 4.89. The molecule has 0 spiro atoms. The molecule has 3 nitrogen and oxygen atoms in total. The summed E-state index contributed by atoms with van der Waals surface area (Å²) in [4.78, 5) is 12.2. The summed E-state index contributed by atoms with van der Waals surface area (Å²) in [5.41, 5.74) is 3.09. The first kappa shape index (κ1) is 15.6. The van der Waals surface area contributed by atoms with E-state index in [1.54, 1.807) is 6.07 Å². The Bertz CT molecular complexity index is 838. The topological polar surface area (TPSA) is 34.0 Å². The van der Waals surface area contributed by atoms with Crippen molar-refractivity contribution in [2.24, 2.45) is 0 Å². The fourth-order valence-electron chi connectivity index (χ4n) is 2.81. The van der Waals surface area contributed by atoms with E-state index in [0.717, 1.165) is 6.54 Å². The van der Waals surface area contributed by atoms with E-state index in [2.05, 4.69) is 35.1 Å². The van der Waals surface area contributed by atoms with Gasteiger partial charge in [0.05, 0.1) is 10.7 Å². The molecule has 1 amide bonds. The molecule has 23 heavy (non-hydrogen) atoms. The number of nitrogens with zero attached hydrogens (tertiary/aromatic N) is 1. The van der Waals surface area contributed by atoms with Gasteiger partial charge in [0.2, 0.25) is 5.91 Å².